The Hall–Kier alpha value is -1.91. The van der Waals surface area contributed by atoms with Crippen molar-refractivity contribution in [2.45, 2.75) is 45.1 Å². The molecule has 0 radical (unpaired) electrons. The van der Waals surface area contributed by atoms with E-state index in [4.69, 9.17) is 0 Å². The van der Waals surface area contributed by atoms with Crippen molar-refractivity contribution < 1.29 is 4.79 Å². The van der Waals surface area contributed by atoms with E-state index < -0.39 is 0 Å². The van der Waals surface area contributed by atoms with Crippen LogP contribution in [0.3, 0.4) is 0 Å². The minimum Gasteiger partial charge on any atom is -0.346 e. The summed E-state index contributed by atoms with van der Waals surface area (Å²) in [5.41, 5.74) is 0.812. The first-order chi connectivity index (χ1) is 10.7. The van der Waals surface area contributed by atoms with E-state index in [-0.39, 0.29) is 11.9 Å². The van der Waals surface area contributed by atoms with Crippen molar-refractivity contribution in [3.63, 3.8) is 0 Å². The predicted octanol–water partition coefficient (Wildman–Crippen LogP) is 2.73. The smallest absolute Gasteiger partial charge is 0.220 e. The van der Waals surface area contributed by atoms with Gasteiger partial charge in [-0.2, -0.15) is 0 Å². The summed E-state index contributed by atoms with van der Waals surface area (Å²) in [5.74, 6) is 3.22. The van der Waals surface area contributed by atoms with E-state index in [2.05, 4.69) is 15.5 Å². The lowest BCUT2D eigenvalue weighted by atomic mass is 9.86. The van der Waals surface area contributed by atoms with Gasteiger partial charge in [-0.05, 0) is 56.1 Å². The fourth-order valence-corrected chi connectivity index (χ4v) is 4.38. The monoisotopic (exact) mass is 298 g/mol. The number of hydrogen-bond donors (Lipinski definition) is 1. The molecule has 1 amide bonds. The molecular formula is C17H22N4O. The molecule has 2 aliphatic carbocycles. The molecule has 4 atom stereocenters. The second kappa shape index (κ2) is 5.38. The Bertz CT molecular complexity index is 695. The zero-order valence-corrected chi connectivity index (χ0v) is 12.9. The van der Waals surface area contributed by atoms with Crippen LogP contribution in [0.5, 0.6) is 0 Å². The SMILES string of the molecule is C[C@H](NC(=O)C[C@H]1C[C@H]2CC[C@H]1C2)c1nnc2ccccn12. The number of nitrogens with one attached hydrogen (secondary N) is 1. The van der Waals surface area contributed by atoms with Gasteiger partial charge >= 0.3 is 0 Å². The molecule has 2 aromatic rings. The largest absolute Gasteiger partial charge is 0.346 e. The Labute approximate surface area is 130 Å². The topological polar surface area (TPSA) is 59.3 Å². The van der Waals surface area contributed by atoms with Gasteiger partial charge in [0.05, 0.1) is 6.04 Å². The predicted molar refractivity (Wildman–Crippen MR) is 83.1 cm³/mol. The second-order valence-corrected chi connectivity index (χ2v) is 6.92. The maximum Gasteiger partial charge on any atom is 0.220 e. The van der Waals surface area contributed by atoms with E-state index in [9.17, 15) is 4.79 Å². The summed E-state index contributed by atoms with van der Waals surface area (Å²) in [7, 11) is 0. The summed E-state index contributed by atoms with van der Waals surface area (Å²) >= 11 is 0. The first-order valence-corrected chi connectivity index (χ1v) is 8.29. The average Bonchev–Trinajstić information content (AvgIpc) is 3.21. The normalized spacial score (nSPS) is 28.1. The second-order valence-electron chi connectivity index (χ2n) is 6.92. The number of hydrogen-bond acceptors (Lipinski definition) is 3. The summed E-state index contributed by atoms with van der Waals surface area (Å²) in [6.45, 7) is 1.97. The van der Waals surface area contributed by atoms with Crippen molar-refractivity contribution in [2.75, 3.05) is 0 Å². The summed E-state index contributed by atoms with van der Waals surface area (Å²) in [4.78, 5) is 12.3. The number of carbonyl (C=O) groups is 1. The molecular weight excluding hydrogens is 276 g/mol. The summed E-state index contributed by atoms with van der Waals surface area (Å²) in [6.07, 6.45) is 7.91. The Morgan fingerprint density at radius 2 is 2.27 bits per heavy atom. The third-order valence-electron chi connectivity index (χ3n) is 5.44. The molecule has 0 spiro atoms. The van der Waals surface area contributed by atoms with Crippen LogP contribution < -0.4 is 5.32 Å². The minimum absolute atomic E-state index is 0.122. The molecule has 2 aliphatic rings. The Morgan fingerprint density at radius 1 is 1.36 bits per heavy atom. The number of aromatic nitrogens is 3. The molecule has 2 aromatic heterocycles. The highest BCUT2D eigenvalue weighted by molar-refractivity contribution is 5.76. The van der Waals surface area contributed by atoms with E-state index in [0.717, 1.165) is 23.3 Å². The van der Waals surface area contributed by atoms with Crippen LogP contribution in [0.2, 0.25) is 0 Å². The van der Waals surface area contributed by atoms with Crippen molar-refractivity contribution >= 4 is 11.6 Å². The van der Waals surface area contributed by atoms with Crippen LogP contribution in [0, 0.1) is 17.8 Å². The first kappa shape index (κ1) is 13.7. The maximum atomic E-state index is 12.3. The number of pyridine rings is 1. The molecule has 1 N–H and O–H groups in total. The summed E-state index contributed by atoms with van der Waals surface area (Å²) in [5, 5.41) is 11.5. The van der Waals surface area contributed by atoms with Gasteiger partial charge in [-0.25, -0.2) is 0 Å². The number of amides is 1. The van der Waals surface area contributed by atoms with Crippen molar-refractivity contribution in [3.05, 3.63) is 30.2 Å². The third kappa shape index (κ3) is 2.38. The lowest BCUT2D eigenvalue weighted by Gasteiger charge is -2.22. The molecule has 4 rings (SSSR count). The Morgan fingerprint density at radius 3 is 3.05 bits per heavy atom. The number of carbonyl (C=O) groups excluding carboxylic acids is 1. The maximum absolute atomic E-state index is 12.3. The highest BCUT2D eigenvalue weighted by Crippen LogP contribution is 2.49. The molecule has 0 saturated heterocycles. The van der Waals surface area contributed by atoms with Crippen LogP contribution >= 0.6 is 0 Å². The number of fused-ring (bicyclic) bond motifs is 3. The highest BCUT2D eigenvalue weighted by atomic mass is 16.1. The van der Waals surface area contributed by atoms with Gasteiger partial charge in [0.2, 0.25) is 5.91 Å². The van der Waals surface area contributed by atoms with Gasteiger partial charge in [0.1, 0.15) is 0 Å². The molecule has 2 bridgehead atoms. The van der Waals surface area contributed by atoms with E-state index in [1.165, 1.54) is 25.7 Å². The average molecular weight is 298 g/mol. The van der Waals surface area contributed by atoms with Crippen molar-refractivity contribution in [1.82, 2.24) is 19.9 Å². The van der Waals surface area contributed by atoms with Gasteiger partial charge in [-0.1, -0.05) is 12.5 Å². The molecule has 2 heterocycles. The van der Waals surface area contributed by atoms with Crippen molar-refractivity contribution in [2.24, 2.45) is 17.8 Å². The van der Waals surface area contributed by atoms with Crippen LogP contribution in [0.1, 0.15) is 50.9 Å². The summed E-state index contributed by atoms with van der Waals surface area (Å²) < 4.78 is 1.93. The van der Waals surface area contributed by atoms with Crippen molar-refractivity contribution in [3.8, 4) is 0 Å². The van der Waals surface area contributed by atoms with E-state index in [0.29, 0.717) is 12.3 Å². The first-order valence-electron chi connectivity index (χ1n) is 8.29. The molecule has 2 fully saturated rings. The molecule has 5 nitrogen and oxygen atoms in total. The third-order valence-corrected chi connectivity index (χ3v) is 5.44. The van der Waals surface area contributed by atoms with E-state index in [1.54, 1.807) is 0 Å². The molecule has 5 heteroatoms. The van der Waals surface area contributed by atoms with Gasteiger partial charge in [-0.3, -0.25) is 9.20 Å². The summed E-state index contributed by atoms with van der Waals surface area (Å²) in [6, 6.07) is 5.68. The molecule has 2 saturated carbocycles. The van der Waals surface area contributed by atoms with Gasteiger partial charge in [0.15, 0.2) is 11.5 Å². The lowest BCUT2D eigenvalue weighted by molar-refractivity contribution is -0.123. The molecule has 0 aliphatic heterocycles. The van der Waals surface area contributed by atoms with Crippen LogP contribution in [-0.4, -0.2) is 20.5 Å². The van der Waals surface area contributed by atoms with Gasteiger partial charge in [0.25, 0.3) is 0 Å². The number of rotatable bonds is 4. The fraction of sp³-hybridized carbons (Fsp3) is 0.588. The standard InChI is InChI=1S/C17H22N4O/c1-11(17-20-19-15-4-2-3-7-21(15)17)18-16(22)10-14-9-12-5-6-13(14)8-12/h2-4,7,11-14H,5-6,8-10H2,1H3,(H,18,22)/t11-,12-,13-,14+/m0/s1. The molecule has 22 heavy (non-hydrogen) atoms. The molecule has 116 valence electrons. The van der Waals surface area contributed by atoms with Gasteiger partial charge in [-0.15, -0.1) is 10.2 Å². The van der Waals surface area contributed by atoms with Crippen LogP contribution in [0.4, 0.5) is 0 Å². The molecule has 0 unspecified atom stereocenters. The lowest BCUT2D eigenvalue weighted by Crippen LogP contribution is -2.30. The van der Waals surface area contributed by atoms with Gasteiger partial charge in [0, 0.05) is 12.6 Å². The van der Waals surface area contributed by atoms with Crippen LogP contribution in [0.25, 0.3) is 5.65 Å². The minimum atomic E-state index is -0.122. The zero-order chi connectivity index (χ0) is 15.1. The highest BCUT2D eigenvalue weighted by Gasteiger charge is 2.40. The van der Waals surface area contributed by atoms with Crippen LogP contribution in [-0.2, 0) is 4.79 Å². The fourth-order valence-electron chi connectivity index (χ4n) is 4.38. The van der Waals surface area contributed by atoms with Gasteiger partial charge < -0.3 is 5.32 Å². The zero-order valence-electron chi connectivity index (χ0n) is 12.9. The quantitative estimate of drug-likeness (QED) is 0.944. The Kier molecular flexibility index (Phi) is 3.36. The number of nitrogens with zero attached hydrogens (tertiary/aromatic N) is 3. The van der Waals surface area contributed by atoms with Crippen molar-refractivity contribution in [1.29, 1.82) is 0 Å². The van der Waals surface area contributed by atoms with E-state index in [1.807, 2.05) is 35.7 Å². The van der Waals surface area contributed by atoms with E-state index >= 15 is 0 Å². The van der Waals surface area contributed by atoms with Crippen LogP contribution in [0.15, 0.2) is 24.4 Å². The molecule has 0 aromatic carbocycles. The Balaban J connectivity index is 1.41.